The van der Waals surface area contributed by atoms with E-state index in [0.717, 1.165) is 0 Å². The normalized spacial score (nSPS) is 8.89. The van der Waals surface area contributed by atoms with Crippen LogP contribution in [0.3, 0.4) is 0 Å². The Morgan fingerprint density at radius 1 is 1.11 bits per heavy atom. The molecule has 0 aromatic carbocycles. The minimum absolute atomic E-state index is 0.361. The summed E-state index contributed by atoms with van der Waals surface area (Å²) < 4.78 is 4.24. The minimum Gasteiger partial charge on any atom is -0.359 e. The zero-order valence-corrected chi connectivity index (χ0v) is 5.83. The van der Waals surface area contributed by atoms with Gasteiger partial charge in [-0.15, -0.1) is 0 Å². The van der Waals surface area contributed by atoms with Crippen LogP contribution < -0.4 is 11.5 Å². The molecule has 0 aliphatic heterocycles. The maximum atomic E-state index is 9.88. The third-order valence-electron chi connectivity index (χ3n) is 0.232. The van der Waals surface area contributed by atoms with Crippen LogP contribution in [-0.4, -0.2) is 10.5 Å². The molecule has 4 N–H and O–H groups in total. The largest absolute Gasteiger partial charge is 0.359 e. The number of primary amides is 2. The Kier molecular flexibility index (Phi) is 4.28. The first-order chi connectivity index (χ1) is 4.13. The molecule has 0 aliphatic rings. The van der Waals surface area contributed by atoms with E-state index < -0.39 is 10.5 Å². The van der Waals surface area contributed by atoms with E-state index in [2.05, 4.69) is 15.1 Å². The van der Waals surface area contributed by atoms with Crippen LogP contribution in [0, 0.1) is 0 Å². The molecular weight excluding hydrogens is 164 g/mol. The molecule has 5 nitrogen and oxygen atoms in total. The molecule has 52 valence electrons. The molecule has 0 atom stereocenters. The van der Waals surface area contributed by atoms with Crippen LogP contribution in [0.5, 0.6) is 0 Å². The van der Waals surface area contributed by atoms with Crippen molar-refractivity contribution >= 4 is 34.6 Å². The molecule has 0 aromatic heterocycles. The van der Waals surface area contributed by atoms with Crippen molar-refractivity contribution in [2.24, 2.45) is 11.5 Å². The predicted molar refractivity (Wildman–Crippen MR) is 35.4 cm³/mol. The molecule has 0 saturated carbocycles. The van der Waals surface area contributed by atoms with Gasteiger partial charge in [0.25, 0.3) is 0 Å². The highest BCUT2D eigenvalue weighted by Gasteiger charge is 1.99. The predicted octanol–water partition coefficient (Wildman–Crippen LogP) is 0.457. The summed E-state index contributed by atoms with van der Waals surface area (Å²) in [6, 6.07) is 0. The topological polar surface area (TPSA) is 95.4 Å². The second-order valence-electron chi connectivity index (χ2n) is 0.873. The fourth-order valence-electron chi connectivity index (χ4n) is 0.0841. The van der Waals surface area contributed by atoms with Gasteiger partial charge in [-0.3, -0.25) is 9.59 Å². The van der Waals surface area contributed by atoms with Gasteiger partial charge in [-0.25, -0.2) is 3.63 Å². The fraction of sp³-hybridized carbons (Fsp3) is 0. The number of hydrogen-bond acceptors (Lipinski definition) is 5. The highest BCUT2D eigenvalue weighted by atomic mass is 32.2. The molecule has 9 heavy (non-hydrogen) atoms. The number of carbonyl (C=O) groups excluding carboxylic acids is 2. The van der Waals surface area contributed by atoms with Crippen LogP contribution in [0.15, 0.2) is 0 Å². The molecule has 0 saturated heterocycles. The van der Waals surface area contributed by atoms with E-state index in [1.807, 2.05) is 0 Å². The number of carbonyl (C=O) groups is 2. The molecule has 0 spiro atoms. The van der Waals surface area contributed by atoms with Crippen LogP contribution in [0.25, 0.3) is 0 Å². The van der Waals surface area contributed by atoms with Crippen molar-refractivity contribution in [2.75, 3.05) is 0 Å². The van der Waals surface area contributed by atoms with Crippen molar-refractivity contribution in [3.8, 4) is 0 Å². The van der Waals surface area contributed by atoms with Crippen molar-refractivity contribution in [3.63, 3.8) is 0 Å². The van der Waals surface area contributed by atoms with E-state index in [1.54, 1.807) is 0 Å². The molecule has 0 rings (SSSR count). The van der Waals surface area contributed by atoms with Gasteiger partial charge in [0.05, 0.1) is 0 Å². The number of rotatable bonds is 2. The van der Waals surface area contributed by atoms with Gasteiger partial charge < -0.3 is 11.5 Å². The first-order valence-electron chi connectivity index (χ1n) is 1.73. The summed E-state index contributed by atoms with van der Waals surface area (Å²) >= 11 is 0.721. The summed E-state index contributed by atoms with van der Waals surface area (Å²) in [7, 11) is 0. The van der Waals surface area contributed by atoms with Crippen LogP contribution in [0.2, 0.25) is 0 Å². The van der Waals surface area contributed by atoms with Crippen LogP contribution >= 0.6 is 24.1 Å². The Balaban J connectivity index is 3.10. The van der Waals surface area contributed by atoms with Crippen LogP contribution in [0.1, 0.15) is 0 Å². The lowest BCUT2D eigenvalue weighted by molar-refractivity contribution is 0.266. The molecule has 0 aromatic rings. The molecule has 2 amide bonds. The molecular formula is C2H4N2O3S2. The van der Waals surface area contributed by atoms with E-state index >= 15 is 0 Å². The van der Waals surface area contributed by atoms with E-state index in [9.17, 15) is 9.59 Å². The van der Waals surface area contributed by atoms with E-state index in [4.69, 9.17) is 0 Å². The lowest BCUT2D eigenvalue weighted by Gasteiger charge is -1.89. The molecule has 0 unspecified atom stereocenters. The average Bonchev–Trinajstić information content (AvgIpc) is 1.63. The van der Waals surface area contributed by atoms with Crippen molar-refractivity contribution in [2.45, 2.75) is 0 Å². The smallest absolute Gasteiger partial charge is 0.304 e. The minimum atomic E-state index is -0.719. The summed E-state index contributed by atoms with van der Waals surface area (Å²) in [6.45, 7) is 0. The summed E-state index contributed by atoms with van der Waals surface area (Å²) in [4.78, 5) is 19.8. The Bertz CT molecular complexity index is 113. The maximum Gasteiger partial charge on any atom is 0.304 e. The van der Waals surface area contributed by atoms with E-state index in [0.29, 0.717) is 24.1 Å². The summed E-state index contributed by atoms with van der Waals surface area (Å²) in [5.74, 6) is 0. The molecule has 0 heterocycles. The second-order valence-corrected chi connectivity index (χ2v) is 2.56. The zero-order chi connectivity index (χ0) is 7.28. The zero-order valence-electron chi connectivity index (χ0n) is 4.20. The highest BCUT2D eigenvalue weighted by Crippen LogP contribution is 2.13. The standard InChI is InChI=1S/C2H4N2O3S2/c3-1(5)8-7-9-2(4)6/h(H2,3,5)(H2,4,6). The lowest BCUT2D eigenvalue weighted by atomic mass is 11.5. The molecule has 0 bridgehead atoms. The molecule has 0 aliphatic carbocycles. The quantitative estimate of drug-likeness (QED) is 0.584. The number of nitrogens with two attached hydrogens (primary N) is 2. The van der Waals surface area contributed by atoms with Gasteiger partial charge in [0.15, 0.2) is 0 Å². The van der Waals surface area contributed by atoms with E-state index in [1.165, 1.54) is 0 Å². The monoisotopic (exact) mass is 168 g/mol. The van der Waals surface area contributed by atoms with Gasteiger partial charge >= 0.3 is 10.5 Å². The van der Waals surface area contributed by atoms with Crippen molar-refractivity contribution in [1.82, 2.24) is 0 Å². The Labute approximate surface area is 59.9 Å². The number of hydrogen-bond donors (Lipinski definition) is 2. The first kappa shape index (κ1) is 8.60. The summed E-state index contributed by atoms with van der Waals surface area (Å²) in [5, 5.41) is -1.44. The molecule has 7 heteroatoms. The van der Waals surface area contributed by atoms with Crippen molar-refractivity contribution in [3.05, 3.63) is 0 Å². The third-order valence-corrected chi connectivity index (χ3v) is 1.11. The Morgan fingerprint density at radius 3 is 1.67 bits per heavy atom. The maximum absolute atomic E-state index is 9.88. The van der Waals surface area contributed by atoms with Crippen molar-refractivity contribution in [1.29, 1.82) is 0 Å². The SMILES string of the molecule is NC(=O)SOSC(N)=O. The fourth-order valence-corrected chi connectivity index (χ4v) is 0.757. The van der Waals surface area contributed by atoms with Gasteiger partial charge in [-0.05, 0) is 0 Å². The van der Waals surface area contributed by atoms with Crippen LogP contribution in [0.4, 0.5) is 9.59 Å². The molecule has 0 fully saturated rings. The number of amides is 2. The highest BCUT2D eigenvalue weighted by molar-refractivity contribution is 8.21. The van der Waals surface area contributed by atoms with Gasteiger partial charge in [0, 0.05) is 0 Å². The average molecular weight is 168 g/mol. The third kappa shape index (κ3) is 7.60. The van der Waals surface area contributed by atoms with Gasteiger partial charge in [-0.1, -0.05) is 0 Å². The van der Waals surface area contributed by atoms with Gasteiger partial charge in [0.1, 0.15) is 24.1 Å². The Hall–Kier alpha value is -0.400. The van der Waals surface area contributed by atoms with Gasteiger partial charge in [0.2, 0.25) is 0 Å². The van der Waals surface area contributed by atoms with Gasteiger partial charge in [-0.2, -0.15) is 0 Å². The molecule has 0 radical (unpaired) electrons. The summed E-state index contributed by atoms with van der Waals surface area (Å²) in [6.07, 6.45) is 0. The van der Waals surface area contributed by atoms with E-state index in [-0.39, 0.29) is 0 Å². The lowest BCUT2D eigenvalue weighted by Crippen LogP contribution is -2.04. The van der Waals surface area contributed by atoms with Crippen LogP contribution in [-0.2, 0) is 3.63 Å². The van der Waals surface area contributed by atoms with Crippen molar-refractivity contribution < 1.29 is 13.2 Å². The second kappa shape index (κ2) is 4.48. The Morgan fingerprint density at radius 2 is 1.44 bits per heavy atom. The first-order valence-corrected chi connectivity index (χ1v) is 3.21. The summed E-state index contributed by atoms with van der Waals surface area (Å²) in [5.41, 5.74) is 9.22.